The van der Waals surface area contributed by atoms with Crippen LogP contribution in [0, 0.1) is 0 Å². The number of hydrogen-bond acceptors (Lipinski definition) is 4. The molecule has 2 aromatic heterocycles. The van der Waals surface area contributed by atoms with E-state index in [9.17, 15) is 4.79 Å². The molecule has 1 saturated heterocycles. The number of benzene rings is 2. The first-order valence-corrected chi connectivity index (χ1v) is 11.6. The fourth-order valence-electron chi connectivity index (χ4n) is 4.79. The van der Waals surface area contributed by atoms with Crippen molar-refractivity contribution in [2.45, 2.75) is 12.5 Å². The normalized spacial score (nSPS) is 17.7. The Morgan fingerprint density at radius 1 is 1.06 bits per heavy atom. The molecule has 1 amide bonds. The van der Waals surface area contributed by atoms with E-state index in [-0.39, 0.29) is 5.91 Å². The number of H-pyrrole nitrogens is 1. The van der Waals surface area contributed by atoms with Crippen LogP contribution in [0.5, 0.6) is 5.75 Å². The van der Waals surface area contributed by atoms with E-state index in [1.807, 2.05) is 41.3 Å². The summed E-state index contributed by atoms with van der Waals surface area (Å²) in [6.07, 6.45) is 1.80. The number of carbonyl (C=O) groups excluding carboxylic acids is 1. The maximum atomic E-state index is 13.1. The zero-order chi connectivity index (χ0) is 22.4. The van der Waals surface area contributed by atoms with Crippen LogP contribution in [0.3, 0.4) is 0 Å². The van der Waals surface area contributed by atoms with Gasteiger partial charge in [0.1, 0.15) is 11.4 Å². The minimum atomic E-state index is -0.515. The summed E-state index contributed by atoms with van der Waals surface area (Å²) in [4.78, 5) is 22.9. The first-order chi connectivity index (χ1) is 16.2. The lowest BCUT2D eigenvalue weighted by Crippen LogP contribution is -2.50. The van der Waals surface area contributed by atoms with Gasteiger partial charge in [-0.05, 0) is 35.4 Å². The van der Waals surface area contributed by atoms with Crippen LogP contribution in [0.25, 0.3) is 33.4 Å². The van der Waals surface area contributed by atoms with Crippen LogP contribution in [0.15, 0.2) is 60.8 Å². The number of pyridine rings is 1. The highest BCUT2D eigenvalue weighted by Gasteiger charge is 2.35. The van der Waals surface area contributed by atoms with E-state index in [0.29, 0.717) is 24.5 Å². The van der Waals surface area contributed by atoms with Gasteiger partial charge >= 0.3 is 0 Å². The maximum absolute atomic E-state index is 13.1. The number of nitrogens with one attached hydrogen (secondary N) is 2. The molecule has 4 heterocycles. The fourth-order valence-corrected chi connectivity index (χ4v) is 5.03. The Kier molecular flexibility index (Phi) is 5.04. The summed E-state index contributed by atoms with van der Waals surface area (Å²) < 4.78 is 6.30. The van der Waals surface area contributed by atoms with Crippen LogP contribution in [0.4, 0.5) is 0 Å². The Bertz CT molecular complexity index is 1350. The van der Waals surface area contributed by atoms with E-state index in [1.165, 1.54) is 0 Å². The van der Waals surface area contributed by atoms with Crippen molar-refractivity contribution in [1.82, 2.24) is 20.2 Å². The van der Waals surface area contributed by atoms with Crippen molar-refractivity contribution in [3.63, 3.8) is 0 Å². The van der Waals surface area contributed by atoms with E-state index >= 15 is 0 Å². The van der Waals surface area contributed by atoms with Gasteiger partial charge in [0.2, 0.25) is 0 Å². The Balaban J connectivity index is 1.40. The number of carbonyl (C=O) groups is 1. The summed E-state index contributed by atoms with van der Waals surface area (Å²) >= 11 is 6.52. The Hall–Kier alpha value is -3.35. The van der Waals surface area contributed by atoms with Gasteiger partial charge in [-0.1, -0.05) is 41.9 Å². The number of amides is 1. The molecule has 33 heavy (non-hydrogen) atoms. The maximum Gasteiger partial charge on any atom is 0.264 e. The monoisotopic (exact) mass is 458 g/mol. The van der Waals surface area contributed by atoms with Crippen molar-refractivity contribution >= 4 is 28.5 Å². The molecule has 2 aliphatic rings. The third-order valence-corrected chi connectivity index (χ3v) is 6.63. The molecule has 4 aromatic rings. The first-order valence-electron chi connectivity index (χ1n) is 11.2. The predicted octanol–water partition coefficient (Wildman–Crippen LogP) is 4.29. The summed E-state index contributed by atoms with van der Waals surface area (Å²) in [6, 6.07) is 18.1. The number of piperazine rings is 1. The number of ether oxygens (including phenoxy) is 1. The minimum absolute atomic E-state index is 0.0441. The highest BCUT2D eigenvalue weighted by atomic mass is 35.5. The molecule has 2 aliphatic heterocycles. The molecule has 0 bridgehead atoms. The second-order valence-electron chi connectivity index (χ2n) is 8.50. The number of hydrogen-bond donors (Lipinski definition) is 2. The Labute approximate surface area is 196 Å². The molecule has 0 saturated carbocycles. The van der Waals surface area contributed by atoms with Crippen molar-refractivity contribution in [2.24, 2.45) is 0 Å². The highest BCUT2D eigenvalue weighted by molar-refractivity contribution is 6.31. The van der Waals surface area contributed by atoms with Crippen LogP contribution in [0.1, 0.15) is 5.56 Å². The molecule has 1 fully saturated rings. The number of nitrogens with zero attached hydrogens (tertiary/aromatic N) is 2. The molecule has 166 valence electrons. The number of fused-ring (bicyclic) bond motifs is 2. The zero-order valence-corrected chi connectivity index (χ0v) is 18.7. The number of aromatic amines is 1. The van der Waals surface area contributed by atoms with Crippen LogP contribution in [0.2, 0.25) is 5.02 Å². The summed E-state index contributed by atoms with van der Waals surface area (Å²) in [6.45, 7) is 3.04. The van der Waals surface area contributed by atoms with Gasteiger partial charge in [0.25, 0.3) is 5.91 Å². The molecule has 1 atom stereocenters. The van der Waals surface area contributed by atoms with Crippen LogP contribution in [-0.4, -0.2) is 53.1 Å². The van der Waals surface area contributed by atoms with Gasteiger partial charge in [0.15, 0.2) is 6.10 Å². The standard InChI is InChI=1S/C26H23ClN4O2/c27-18-12-17-13-23(26(32)31-10-8-28-9-11-31)33-24(17)20(14-18)19-6-7-29-25-21(19)15-22(30-25)16-4-2-1-3-5-16/h1-7,12,14-15,23,28H,8-11,13H2,(H,29,30). The predicted molar refractivity (Wildman–Crippen MR) is 130 cm³/mol. The van der Waals surface area contributed by atoms with Gasteiger partial charge in [0, 0.05) is 66.0 Å². The average molecular weight is 459 g/mol. The molecule has 0 aliphatic carbocycles. The van der Waals surface area contributed by atoms with Crippen LogP contribution >= 0.6 is 11.6 Å². The van der Waals surface area contributed by atoms with Crippen molar-refractivity contribution in [3.8, 4) is 28.1 Å². The van der Waals surface area contributed by atoms with Crippen LogP contribution < -0.4 is 10.1 Å². The summed E-state index contributed by atoms with van der Waals surface area (Å²) in [5.74, 6) is 0.783. The number of rotatable bonds is 3. The van der Waals surface area contributed by atoms with Crippen molar-refractivity contribution in [1.29, 1.82) is 0 Å². The largest absolute Gasteiger partial charge is 0.479 e. The van der Waals surface area contributed by atoms with Gasteiger partial charge < -0.3 is 19.9 Å². The van der Waals surface area contributed by atoms with E-state index in [4.69, 9.17) is 16.3 Å². The molecule has 6 rings (SSSR count). The van der Waals surface area contributed by atoms with Gasteiger partial charge in [-0.15, -0.1) is 0 Å². The van der Waals surface area contributed by atoms with Gasteiger partial charge in [-0.25, -0.2) is 4.98 Å². The molecule has 2 aromatic carbocycles. The van der Waals surface area contributed by atoms with Gasteiger partial charge in [0.05, 0.1) is 0 Å². The lowest BCUT2D eigenvalue weighted by Gasteiger charge is -2.29. The molecular weight excluding hydrogens is 436 g/mol. The number of halogens is 1. The molecule has 7 heteroatoms. The SMILES string of the molecule is O=C(C1Cc2cc(Cl)cc(-c3ccnc4[nH]c(-c5ccccc5)cc34)c2O1)N1CCNCC1. The summed E-state index contributed by atoms with van der Waals surface area (Å²) in [5, 5.41) is 4.90. The summed E-state index contributed by atoms with van der Waals surface area (Å²) in [5.41, 5.74) is 5.72. The topological polar surface area (TPSA) is 70.2 Å². The van der Waals surface area contributed by atoms with Gasteiger partial charge in [-0.3, -0.25) is 4.79 Å². The Morgan fingerprint density at radius 2 is 1.88 bits per heavy atom. The molecular formula is C26H23ClN4O2. The number of aromatic nitrogens is 2. The van der Waals surface area contributed by atoms with Crippen LogP contribution in [-0.2, 0) is 11.2 Å². The summed E-state index contributed by atoms with van der Waals surface area (Å²) in [7, 11) is 0. The van der Waals surface area contributed by atoms with Crippen molar-refractivity contribution in [3.05, 3.63) is 71.4 Å². The fraction of sp³-hybridized carbons (Fsp3) is 0.231. The zero-order valence-electron chi connectivity index (χ0n) is 18.0. The van der Waals surface area contributed by atoms with E-state index in [2.05, 4.69) is 33.5 Å². The lowest BCUT2D eigenvalue weighted by molar-refractivity contribution is -0.138. The van der Waals surface area contributed by atoms with Crippen molar-refractivity contribution in [2.75, 3.05) is 26.2 Å². The molecule has 0 radical (unpaired) electrons. The smallest absolute Gasteiger partial charge is 0.264 e. The van der Waals surface area contributed by atoms with E-state index in [1.54, 1.807) is 6.20 Å². The first kappa shape index (κ1) is 20.3. The molecule has 1 unspecified atom stereocenters. The molecule has 2 N–H and O–H groups in total. The lowest BCUT2D eigenvalue weighted by atomic mass is 9.98. The van der Waals surface area contributed by atoms with E-state index < -0.39 is 6.10 Å². The Morgan fingerprint density at radius 3 is 2.70 bits per heavy atom. The average Bonchev–Trinajstić information content (AvgIpc) is 3.48. The highest BCUT2D eigenvalue weighted by Crippen LogP contribution is 2.43. The third kappa shape index (κ3) is 3.65. The van der Waals surface area contributed by atoms with E-state index in [0.717, 1.165) is 57.8 Å². The third-order valence-electron chi connectivity index (χ3n) is 6.41. The van der Waals surface area contributed by atoms with Gasteiger partial charge in [-0.2, -0.15) is 0 Å². The second kappa shape index (κ2) is 8.21. The van der Waals surface area contributed by atoms with Crippen molar-refractivity contribution < 1.29 is 9.53 Å². The molecule has 6 nitrogen and oxygen atoms in total. The molecule has 0 spiro atoms. The second-order valence-corrected chi connectivity index (χ2v) is 8.93. The quantitative estimate of drug-likeness (QED) is 0.480. The minimum Gasteiger partial charge on any atom is -0.479 e.